The van der Waals surface area contributed by atoms with Gasteiger partial charge in [0.15, 0.2) is 6.79 Å². The normalized spacial score (nSPS) is 12.2. The average Bonchev–Trinajstić information content (AvgIpc) is 2.45. The fourth-order valence-corrected chi connectivity index (χ4v) is 2.19. The van der Waals surface area contributed by atoms with Crippen molar-refractivity contribution in [3.63, 3.8) is 0 Å². The third-order valence-electron chi connectivity index (χ3n) is 2.83. The lowest BCUT2D eigenvalue weighted by Crippen LogP contribution is -2.06. The third-order valence-corrected chi connectivity index (χ3v) is 3.32. The van der Waals surface area contributed by atoms with Crippen molar-refractivity contribution in [3.05, 3.63) is 64.1 Å². The Labute approximate surface area is 127 Å². The summed E-state index contributed by atoms with van der Waals surface area (Å²) in [5, 5.41) is 9.72. The van der Waals surface area contributed by atoms with Crippen LogP contribution in [-0.2, 0) is 11.3 Å². The molecule has 106 valence electrons. The van der Waals surface area contributed by atoms with E-state index in [1.54, 1.807) is 6.92 Å². The highest BCUT2D eigenvalue weighted by Crippen LogP contribution is 2.28. The molecule has 4 heteroatoms. The van der Waals surface area contributed by atoms with Gasteiger partial charge in [0.1, 0.15) is 5.75 Å². The van der Waals surface area contributed by atoms with Crippen LogP contribution in [0.3, 0.4) is 0 Å². The third kappa shape index (κ3) is 4.34. The zero-order valence-corrected chi connectivity index (χ0v) is 12.8. The fraction of sp³-hybridized carbons (Fsp3) is 0.250. The van der Waals surface area contributed by atoms with Gasteiger partial charge in [-0.05, 0) is 30.7 Å². The highest BCUT2D eigenvalue weighted by atomic mass is 79.9. The van der Waals surface area contributed by atoms with Crippen molar-refractivity contribution in [1.29, 1.82) is 0 Å². The number of benzene rings is 2. The van der Waals surface area contributed by atoms with Crippen LogP contribution in [0.2, 0.25) is 0 Å². The van der Waals surface area contributed by atoms with Crippen molar-refractivity contribution in [2.75, 3.05) is 6.79 Å². The van der Waals surface area contributed by atoms with E-state index in [1.807, 2.05) is 48.5 Å². The highest BCUT2D eigenvalue weighted by Gasteiger charge is 2.09. The Kier molecular flexibility index (Phi) is 5.59. The monoisotopic (exact) mass is 336 g/mol. The second-order valence-electron chi connectivity index (χ2n) is 4.45. The Morgan fingerprint density at radius 2 is 1.90 bits per heavy atom. The van der Waals surface area contributed by atoms with E-state index in [1.165, 1.54) is 0 Å². The molecule has 20 heavy (non-hydrogen) atoms. The zero-order chi connectivity index (χ0) is 14.4. The van der Waals surface area contributed by atoms with Gasteiger partial charge in [0.2, 0.25) is 0 Å². The Hall–Kier alpha value is -1.36. The van der Waals surface area contributed by atoms with E-state index in [4.69, 9.17) is 9.47 Å². The van der Waals surface area contributed by atoms with Crippen LogP contribution < -0.4 is 4.74 Å². The molecule has 2 aromatic rings. The van der Waals surface area contributed by atoms with Gasteiger partial charge in [-0.15, -0.1) is 0 Å². The van der Waals surface area contributed by atoms with E-state index in [2.05, 4.69) is 15.9 Å². The molecule has 0 fully saturated rings. The van der Waals surface area contributed by atoms with Gasteiger partial charge in [-0.3, -0.25) is 0 Å². The van der Waals surface area contributed by atoms with E-state index in [-0.39, 0.29) is 6.79 Å². The van der Waals surface area contributed by atoms with Gasteiger partial charge >= 0.3 is 0 Å². The lowest BCUT2D eigenvalue weighted by molar-refractivity contribution is 0.00341. The lowest BCUT2D eigenvalue weighted by Gasteiger charge is -2.14. The maximum atomic E-state index is 9.72. The summed E-state index contributed by atoms with van der Waals surface area (Å²) < 4.78 is 12.0. The standard InChI is InChI=1S/C16H17BrO3/c1-12(18)15-9-14(17)7-8-16(15)20-11-19-10-13-5-3-2-4-6-13/h2-9,12,18H,10-11H2,1H3/t12-/m0/s1. The molecule has 0 bridgehead atoms. The first-order chi connectivity index (χ1) is 9.66. The number of aliphatic hydroxyl groups excluding tert-OH is 1. The number of ether oxygens (including phenoxy) is 2. The summed E-state index contributed by atoms with van der Waals surface area (Å²) in [5.74, 6) is 0.635. The molecule has 2 rings (SSSR count). The smallest absolute Gasteiger partial charge is 0.189 e. The molecule has 0 saturated heterocycles. The molecule has 0 spiro atoms. The summed E-state index contributed by atoms with van der Waals surface area (Å²) in [5.41, 5.74) is 1.84. The molecular weight excluding hydrogens is 320 g/mol. The SMILES string of the molecule is C[C@H](O)c1cc(Br)ccc1OCOCc1ccccc1. The van der Waals surface area contributed by atoms with Crippen molar-refractivity contribution >= 4 is 15.9 Å². The van der Waals surface area contributed by atoms with Crippen LogP contribution in [0.1, 0.15) is 24.2 Å². The van der Waals surface area contributed by atoms with E-state index >= 15 is 0 Å². The quantitative estimate of drug-likeness (QED) is 0.638. The molecule has 3 nitrogen and oxygen atoms in total. The topological polar surface area (TPSA) is 38.7 Å². The number of hydrogen-bond acceptors (Lipinski definition) is 3. The molecule has 0 unspecified atom stereocenters. The molecule has 1 atom stereocenters. The Balaban J connectivity index is 1.88. The highest BCUT2D eigenvalue weighted by molar-refractivity contribution is 9.10. The number of halogens is 1. The summed E-state index contributed by atoms with van der Waals surface area (Å²) >= 11 is 3.38. The minimum absolute atomic E-state index is 0.149. The molecular formula is C16H17BrO3. The van der Waals surface area contributed by atoms with Gasteiger partial charge in [0, 0.05) is 10.0 Å². The van der Waals surface area contributed by atoms with Crippen molar-refractivity contribution in [3.8, 4) is 5.75 Å². The van der Waals surface area contributed by atoms with Crippen LogP contribution in [0.15, 0.2) is 53.0 Å². The van der Waals surface area contributed by atoms with Crippen LogP contribution in [-0.4, -0.2) is 11.9 Å². The first kappa shape index (κ1) is 15.0. The van der Waals surface area contributed by atoms with E-state index in [9.17, 15) is 5.11 Å². The van der Waals surface area contributed by atoms with Crippen molar-refractivity contribution in [1.82, 2.24) is 0 Å². The molecule has 2 aromatic carbocycles. The van der Waals surface area contributed by atoms with Gasteiger partial charge in [-0.1, -0.05) is 46.3 Å². The van der Waals surface area contributed by atoms with Crippen LogP contribution in [0.5, 0.6) is 5.75 Å². The summed E-state index contributed by atoms with van der Waals surface area (Å²) in [6, 6.07) is 15.5. The molecule has 0 radical (unpaired) electrons. The lowest BCUT2D eigenvalue weighted by atomic mass is 10.1. The average molecular weight is 337 g/mol. The first-order valence-electron chi connectivity index (χ1n) is 6.39. The van der Waals surface area contributed by atoms with Crippen LogP contribution in [0.25, 0.3) is 0 Å². The number of rotatable bonds is 6. The van der Waals surface area contributed by atoms with Gasteiger partial charge in [0.05, 0.1) is 12.7 Å². The summed E-state index contributed by atoms with van der Waals surface area (Å²) in [4.78, 5) is 0. The Morgan fingerprint density at radius 1 is 1.15 bits per heavy atom. The van der Waals surface area contributed by atoms with Gasteiger partial charge in [-0.2, -0.15) is 0 Å². The second kappa shape index (κ2) is 7.43. The predicted octanol–water partition coefficient (Wildman–Crippen LogP) is 4.06. The first-order valence-corrected chi connectivity index (χ1v) is 7.18. The molecule has 0 amide bonds. The molecule has 0 aliphatic rings. The maximum absolute atomic E-state index is 9.72. The fourth-order valence-electron chi connectivity index (χ4n) is 1.82. The van der Waals surface area contributed by atoms with E-state index < -0.39 is 6.10 Å². The van der Waals surface area contributed by atoms with Gasteiger partial charge in [-0.25, -0.2) is 0 Å². The molecule has 0 aliphatic heterocycles. The van der Waals surface area contributed by atoms with Crippen LogP contribution in [0, 0.1) is 0 Å². The molecule has 0 aliphatic carbocycles. The number of hydrogen-bond donors (Lipinski definition) is 1. The second-order valence-corrected chi connectivity index (χ2v) is 5.37. The van der Waals surface area contributed by atoms with Crippen molar-refractivity contribution in [2.45, 2.75) is 19.6 Å². The van der Waals surface area contributed by atoms with E-state index in [0.717, 1.165) is 15.6 Å². The van der Waals surface area contributed by atoms with Gasteiger partial charge < -0.3 is 14.6 Å². The minimum atomic E-state index is -0.586. The molecule has 0 heterocycles. The Bertz CT molecular complexity index is 541. The minimum Gasteiger partial charge on any atom is -0.467 e. The van der Waals surface area contributed by atoms with Crippen molar-refractivity contribution in [2.24, 2.45) is 0 Å². The molecule has 1 N–H and O–H groups in total. The largest absolute Gasteiger partial charge is 0.467 e. The van der Waals surface area contributed by atoms with Crippen LogP contribution >= 0.6 is 15.9 Å². The summed E-state index contributed by atoms with van der Waals surface area (Å²) in [7, 11) is 0. The number of aliphatic hydroxyl groups is 1. The summed E-state index contributed by atoms with van der Waals surface area (Å²) in [6.07, 6.45) is -0.586. The molecule has 0 saturated carbocycles. The Morgan fingerprint density at radius 3 is 2.60 bits per heavy atom. The summed E-state index contributed by atoms with van der Waals surface area (Å²) in [6.45, 7) is 2.36. The predicted molar refractivity (Wildman–Crippen MR) is 81.5 cm³/mol. The zero-order valence-electron chi connectivity index (χ0n) is 11.3. The van der Waals surface area contributed by atoms with Gasteiger partial charge in [0.25, 0.3) is 0 Å². The van der Waals surface area contributed by atoms with Crippen molar-refractivity contribution < 1.29 is 14.6 Å². The van der Waals surface area contributed by atoms with E-state index in [0.29, 0.717) is 12.4 Å². The van der Waals surface area contributed by atoms with Crippen LogP contribution in [0.4, 0.5) is 0 Å². The maximum Gasteiger partial charge on any atom is 0.189 e. The molecule has 0 aromatic heterocycles.